The Morgan fingerprint density at radius 2 is 1.88 bits per heavy atom. The van der Waals surface area contributed by atoms with Crippen LogP contribution in [-0.2, 0) is 6.54 Å². The third-order valence-electron chi connectivity index (χ3n) is 4.80. The Hall–Kier alpha value is -3.91. The smallest absolute Gasteiger partial charge is 0.274 e. The topological polar surface area (TPSA) is 91.2 Å². The van der Waals surface area contributed by atoms with Crippen LogP contribution in [0.15, 0.2) is 67.0 Å². The minimum atomic E-state index is -0.378. The van der Waals surface area contributed by atoms with E-state index in [9.17, 15) is 4.79 Å². The van der Waals surface area contributed by atoms with Gasteiger partial charge < -0.3 is 14.8 Å². The molecule has 4 rings (SSSR count). The molecule has 8 nitrogen and oxygen atoms in total. The van der Waals surface area contributed by atoms with Crippen LogP contribution < -0.4 is 14.8 Å². The summed E-state index contributed by atoms with van der Waals surface area (Å²) in [5, 5.41) is 11.7. The average molecular weight is 450 g/mol. The Morgan fingerprint density at radius 1 is 1.06 bits per heavy atom. The Labute approximate surface area is 189 Å². The number of aromatic nitrogens is 4. The minimum absolute atomic E-state index is 0.165. The Morgan fingerprint density at radius 3 is 2.59 bits per heavy atom. The molecule has 0 unspecified atom stereocenters. The lowest BCUT2D eigenvalue weighted by atomic mass is 10.1. The summed E-state index contributed by atoms with van der Waals surface area (Å²) in [5.74, 6) is 0.820. The van der Waals surface area contributed by atoms with Crippen molar-refractivity contribution in [1.29, 1.82) is 0 Å². The monoisotopic (exact) mass is 449 g/mol. The van der Waals surface area contributed by atoms with Crippen LogP contribution in [0.5, 0.6) is 11.5 Å². The Balaban J connectivity index is 1.66. The van der Waals surface area contributed by atoms with Gasteiger partial charge in [-0.2, -0.15) is 0 Å². The second-order valence-corrected chi connectivity index (χ2v) is 7.17. The summed E-state index contributed by atoms with van der Waals surface area (Å²) in [4.78, 5) is 17.3. The van der Waals surface area contributed by atoms with Crippen LogP contribution in [0.4, 0.5) is 0 Å². The van der Waals surface area contributed by atoms with E-state index in [4.69, 9.17) is 21.1 Å². The van der Waals surface area contributed by atoms with Gasteiger partial charge in [-0.3, -0.25) is 9.78 Å². The molecular weight excluding hydrogens is 430 g/mol. The number of carbonyl (C=O) groups excluding carboxylic acids is 1. The molecule has 1 N–H and O–H groups in total. The molecule has 0 saturated carbocycles. The molecule has 2 aromatic carbocycles. The van der Waals surface area contributed by atoms with Gasteiger partial charge in [0, 0.05) is 24.5 Å². The van der Waals surface area contributed by atoms with Gasteiger partial charge in [0.2, 0.25) is 0 Å². The van der Waals surface area contributed by atoms with Gasteiger partial charge in [-0.1, -0.05) is 35.0 Å². The number of nitrogens with zero attached hydrogens (tertiary/aromatic N) is 4. The molecule has 0 fully saturated rings. The first-order chi connectivity index (χ1) is 15.6. The Bertz CT molecular complexity index is 1240. The highest BCUT2D eigenvalue weighted by molar-refractivity contribution is 6.32. The van der Waals surface area contributed by atoms with Crippen LogP contribution in [0.2, 0.25) is 5.02 Å². The normalized spacial score (nSPS) is 10.6. The molecule has 0 radical (unpaired) electrons. The van der Waals surface area contributed by atoms with Crippen molar-refractivity contribution in [3.8, 4) is 28.4 Å². The lowest BCUT2D eigenvalue weighted by Crippen LogP contribution is -2.24. The highest BCUT2D eigenvalue weighted by Gasteiger charge is 2.23. The zero-order chi connectivity index (χ0) is 22.5. The molecule has 0 atom stereocenters. The van der Waals surface area contributed by atoms with E-state index in [1.54, 1.807) is 49.5 Å². The molecule has 4 aromatic rings. The number of hydrogen-bond acceptors (Lipinski definition) is 6. The third-order valence-corrected chi connectivity index (χ3v) is 5.12. The fraction of sp³-hybridized carbons (Fsp3) is 0.130. The lowest BCUT2D eigenvalue weighted by Gasteiger charge is -2.11. The summed E-state index contributed by atoms with van der Waals surface area (Å²) in [6, 6.07) is 16.3. The number of nitrogens with one attached hydrogen (secondary N) is 1. The highest BCUT2D eigenvalue weighted by atomic mass is 35.5. The van der Waals surface area contributed by atoms with Crippen LogP contribution >= 0.6 is 11.6 Å². The van der Waals surface area contributed by atoms with Crippen molar-refractivity contribution in [2.45, 2.75) is 6.54 Å². The maximum atomic E-state index is 13.1. The van der Waals surface area contributed by atoms with Crippen molar-refractivity contribution >= 4 is 17.5 Å². The minimum Gasteiger partial charge on any atom is -0.493 e. The first-order valence-corrected chi connectivity index (χ1v) is 10.1. The fourth-order valence-corrected chi connectivity index (χ4v) is 3.46. The number of rotatable bonds is 7. The summed E-state index contributed by atoms with van der Waals surface area (Å²) >= 11 is 6.37. The van der Waals surface area contributed by atoms with E-state index in [2.05, 4.69) is 20.6 Å². The van der Waals surface area contributed by atoms with Crippen LogP contribution in [0.25, 0.3) is 16.9 Å². The van der Waals surface area contributed by atoms with Crippen molar-refractivity contribution in [1.82, 2.24) is 25.3 Å². The third kappa shape index (κ3) is 4.26. The average Bonchev–Trinajstić information content (AvgIpc) is 3.28. The summed E-state index contributed by atoms with van der Waals surface area (Å²) in [6.45, 7) is 0.268. The van der Waals surface area contributed by atoms with Crippen molar-refractivity contribution in [2.75, 3.05) is 14.2 Å². The summed E-state index contributed by atoms with van der Waals surface area (Å²) in [6.07, 6.45) is 3.31. The zero-order valence-corrected chi connectivity index (χ0v) is 18.2. The van der Waals surface area contributed by atoms with E-state index in [1.807, 2.05) is 36.4 Å². The molecule has 0 saturated heterocycles. The predicted molar refractivity (Wildman–Crippen MR) is 120 cm³/mol. The molecule has 2 aromatic heterocycles. The van der Waals surface area contributed by atoms with E-state index in [1.165, 1.54) is 0 Å². The SMILES string of the molecule is COc1ccc(CNC(=O)c2nnn(-c3ccccc3Cl)c2-c2cccnc2)cc1OC. The number of methoxy groups -OCH3 is 2. The number of benzene rings is 2. The molecule has 32 heavy (non-hydrogen) atoms. The van der Waals surface area contributed by atoms with Crippen molar-refractivity contribution in [3.05, 3.63) is 83.3 Å². The lowest BCUT2D eigenvalue weighted by molar-refractivity contribution is 0.0946. The molecule has 0 spiro atoms. The standard InChI is InChI=1S/C23H20ClN5O3/c1-31-19-10-9-15(12-20(19)32-2)13-26-23(30)21-22(16-6-5-11-25-14-16)29(28-27-21)18-8-4-3-7-17(18)24/h3-12,14H,13H2,1-2H3,(H,26,30). The van der Waals surface area contributed by atoms with Crippen LogP contribution in [0, 0.1) is 0 Å². The summed E-state index contributed by atoms with van der Waals surface area (Å²) < 4.78 is 12.1. The highest BCUT2D eigenvalue weighted by Crippen LogP contribution is 2.29. The summed E-state index contributed by atoms with van der Waals surface area (Å²) in [7, 11) is 3.13. The van der Waals surface area contributed by atoms with Gasteiger partial charge in [-0.05, 0) is 42.0 Å². The van der Waals surface area contributed by atoms with E-state index >= 15 is 0 Å². The van der Waals surface area contributed by atoms with Gasteiger partial charge in [-0.25, -0.2) is 4.68 Å². The Kier molecular flexibility index (Phi) is 6.32. The number of para-hydroxylation sites is 1. The van der Waals surface area contributed by atoms with E-state index in [-0.39, 0.29) is 18.1 Å². The molecule has 0 aliphatic carbocycles. The molecule has 9 heteroatoms. The quantitative estimate of drug-likeness (QED) is 0.459. The van der Waals surface area contributed by atoms with Crippen LogP contribution in [0.3, 0.4) is 0 Å². The molecule has 2 heterocycles. The van der Waals surface area contributed by atoms with Gasteiger partial charge in [-0.15, -0.1) is 5.10 Å². The van der Waals surface area contributed by atoms with Gasteiger partial charge in [0.15, 0.2) is 17.2 Å². The number of halogens is 1. The van der Waals surface area contributed by atoms with Gasteiger partial charge >= 0.3 is 0 Å². The van der Waals surface area contributed by atoms with E-state index in [0.717, 1.165) is 5.56 Å². The van der Waals surface area contributed by atoms with Gasteiger partial charge in [0.25, 0.3) is 5.91 Å². The molecular formula is C23H20ClN5O3. The van der Waals surface area contributed by atoms with E-state index < -0.39 is 0 Å². The zero-order valence-electron chi connectivity index (χ0n) is 17.4. The maximum Gasteiger partial charge on any atom is 0.274 e. The van der Waals surface area contributed by atoms with Gasteiger partial charge in [0.1, 0.15) is 5.69 Å². The number of carbonyl (C=O) groups is 1. The molecule has 0 bridgehead atoms. The van der Waals surface area contributed by atoms with Crippen LogP contribution in [-0.4, -0.2) is 40.1 Å². The number of pyridine rings is 1. The first-order valence-electron chi connectivity index (χ1n) is 9.72. The number of ether oxygens (including phenoxy) is 2. The molecule has 1 amide bonds. The maximum absolute atomic E-state index is 13.1. The second-order valence-electron chi connectivity index (χ2n) is 6.76. The largest absolute Gasteiger partial charge is 0.493 e. The van der Waals surface area contributed by atoms with Crippen molar-refractivity contribution < 1.29 is 14.3 Å². The fourth-order valence-electron chi connectivity index (χ4n) is 3.25. The molecule has 0 aliphatic rings. The number of hydrogen-bond donors (Lipinski definition) is 1. The first kappa shape index (κ1) is 21.3. The second kappa shape index (κ2) is 9.49. The number of amides is 1. The summed E-state index contributed by atoms with van der Waals surface area (Å²) in [5.41, 5.74) is 2.81. The predicted octanol–water partition coefficient (Wildman–Crippen LogP) is 3.93. The molecule has 162 valence electrons. The van der Waals surface area contributed by atoms with Gasteiger partial charge in [0.05, 0.1) is 24.9 Å². The molecule has 0 aliphatic heterocycles. The van der Waals surface area contributed by atoms with E-state index in [0.29, 0.717) is 33.5 Å². The van der Waals surface area contributed by atoms with Crippen molar-refractivity contribution in [2.24, 2.45) is 0 Å². The van der Waals surface area contributed by atoms with Crippen LogP contribution in [0.1, 0.15) is 16.1 Å². The van der Waals surface area contributed by atoms with Crippen molar-refractivity contribution in [3.63, 3.8) is 0 Å².